The van der Waals surface area contributed by atoms with E-state index in [0.29, 0.717) is 19.3 Å². The Morgan fingerprint density at radius 1 is 0.375 bits per heavy atom. The molecule has 0 radical (unpaired) electrons. The van der Waals surface area contributed by atoms with Gasteiger partial charge in [0.15, 0.2) is 6.10 Å². The highest BCUT2D eigenvalue weighted by atomic mass is 31.2. The van der Waals surface area contributed by atoms with Crippen LogP contribution in [0.2, 0.25) is 0 Å². The maximum absolute atomic E-state index is 12.8. The van der Waals surface area contributed by atoms with Gasteiger partial charge in [0, 0.05) is 19.3 Å². The molecule has 0 aromatic carbocycles. The zero-order chi connectivity index (χ0) is 47.0. The van der Waals surface area contributed by atoms with Crippen molar-refractivity contribution < 1.29 is 52.2 Å². The van der Waals surface area contributed by atoms with Gasteiger partial charge < -0.3 is 24.2 Å². The van der Waals surface area contributed by atoms with E-state index in [1.807, 2.05) is 0 Å². The Morgan fingerprint density at radius 2 is 0.625 bits per heavy atom. The molecule has 0 aliphatic carbocycles. The number of phosphoric acid groups is 1. The maximum atomic E-state index is 12.8. The number of aliphatic hydroxyl groups is 1. The third-order valence-electron chi connectivity index (χ3n) is 12.0. The average molecular weight is 933 g/mol. The Labute approximate surface area is 393 Å². The van der Waals surface area contributed by atoms with E-state index in [0.717, 1.165) is 57.8 Å². The minimum absolute atomic E-state index is 0.178. The van der Waals surface area contributed by atoms with Crippen LogP contribution in [0.15, 0.2) is 0 Å². The molecule has 3 atom stereocenters. The average Bonchev–Trinajstić information content (AvgIpc) is 3.28. The summed E-state index contributed by atoms with van der Waals surface area (Å²) in [5.41, 5.74) is 0. The van der Waals surface area contributed by atoms with Gasteiger partial charge in [0.25, 0.3) is 0 Å². The van der Waals surface area contributed by atoms with Gasteiger partial charge in [-0.25, -0.2) is 4.57 Å². The first-order chi connectivity index (χ1) is 31.2. The molecule has 12 heteroatoms. The van der Waals surface area contributed by atoms with Crippen LogP contribution in [0.1, 0.15) is 278 Å². The van der Waals surface area contributed by atoms with Crippen LogP contribution in [0, 0.1) is 0 Å². The van der Waals surface area contributed by atoms with Crippen molar-refractivity contribution in [3.05, 3.63) is 0 Å². The summed E-state index contributed by atoms with van der Waals surface area (Å²) in [6.07, 6.45) is 42.1. The van der Waals surface area contributed by atoms with Crippen molar-refractivity contribution in [2.75, 3.05) is 26.4 Å². The molecule has 0 aliphatic rings. The number of aliphatic hydroxyl groups excluding tert-OH is 1. The van der Waals surface area contributed by atoms with Crippen LogP contribution in [0.4, 0.5) is 0 Å². The molecule has 0 heterocycles. The number of carbonyl (C=O) groups is 3. The molecular weight excluding hydrogens is 832 g/mol. The number of esters is 3. The molecule has 0 rings (SSSR count). The Hall–Kier alpha value is -1.52. The number of ether oxygens (including phenoxy) is 3. The van der Waals surface area contributed by atoms with Crippen molar-refractivity contribution in [2.45, 2.75) is 290 Å². The van der Waals surface area contributed by atoms with Gasteiger partial charge in [-0.05, 0) is 19.3 Å². The van der Waals surface area contributed by atoms with E-state index in [1.54, 1.807) is 0 Å². The molecule has 11 nitrogen and oxygen atoms in total. The lowest BCUT2D eigenvalue weighted by atomic mass is 10.0. The van der Waals surface area contributed by atoms with Crippen molar-refractivity contribution in [1.82, 2.24) is 0 Å². The standard InChI is InChI=1S/C52H101O11P/c1-4-7-10-13-16-19-22-23-24-25-28-31-34-37-40-43-52(56)63-49(45-59-50(54)41-38-35-32-29-26-20-17-14-11-8-5-2)47-61-64(57,58)60-46-48(44-53)62-51(55)42-39-36-33-30-27-21-18-15-12-9-6-3/h48-49,53H,4-47H2,1-3H3,(H,57,58). The van der Waals surface area contributed by atoms with Crippen LogP contribution in [0.3, 0.4) is 0 Å². The highest BCUT2D eigenvalue weighted by Gasteiger charge is 2.28. The first-order valence-corrected chi connectivity index (χ1v) is 28.4. The second-order valence-electron chi connectivity index (χ2n) is 18.4. The fourth-order valence-corrected chi connectivity index (χ4v) is 8.67. The Kier molecular flexibility index (Phi) is 46.8. The van der Waals surface area contributed by atoms with Gasteiger partial charge in [-0.15, -0.1) is 0 Å². The lowest BCUT2D eigenvalue weighted by Gasteiger charge is -2.21. The second-order valence-corrected chi connectivity index (χ2v) is 19.9. The predicted molar refractivity (Wildman–Crippen MR) is 261 cm³/mol. The molecule has 0 spiro atoms. The second kappa shape index (κ2) is 48.0. The Morgan fingerprint density at radius 3 is 0.922 bits per heavy atom. The van der Waals surface area contributed by atoms with Crippen LogP contribution >= 0.6 is 7.82 Å². The topological polar surface area (TPSA) is 155 Å². The molecule has 0 aromatic heterocycles. The molecule has 64 heavy (non-hydrogen) atoms. The van der Waals surface area contributed by atoms with Crippen LogP contribution < -0.4 is 0 Å². The smallest absolute Gasteiger partial charge is 0.462 e. The van der Waals surface area contributed by atoms with Gasteiger partial charge in [0.2, 0.25) is 0 Å². The number of rotatable bonds is 51. The third kappa shape index (κ3) is 45.6. The normalized spacial score (nSPS) is 13.4. The van der Waals surface area contributed by atoms with Crippen molar-refractivity contribution in [2.24, 2.45) is 0 Å². The number of unbranched alkanes of at least 4 members (excludes halogenated alkanes) is 34. The highest BCUT2D eigenvalue weighted by Crippen LogP contribution is 2.43. The number of hydrogen-bond acceptors (Lipinski definition) is 10. The van der Waals surface area contributed by atoms with Gasteiger partial charge in [-0.3, -0.25) is 23.4 Å². The van der Waals surface area contributed by atoms with Crippen molar-refractivity contribution >= 4 is 25.7 Å². The third-order valence-corrected chi connectivity index (χ3v) is 13.0. The summed E-state index contributed by atoms with van der Waals surface area (Å²) in [6.45, 7) is 4.67. The van der Waals surface area contributed by atoms with Gasteiger partial charge in [0.1, 0.15) is 12.7 Å². The van der Waals surface area contributed by atoms with Crippen molar-refractivity contribution in [3.8, 4) is 0 Å². The summed E-state index contributed by atoms with van der Waals surface area (Å²) in [5, 5.41) is 9.76. The number of phosphoric ester groups is 1. The van der Waals surface area contributed by atoms with E-state index in [4.69, 9.17) is 23.3 Å². The first-order valence-electron chi connectivity index (χ1n) is 26.9. The van der Waals surface area contributed by atoms with Gasteiger partial charge in [-0.1, -0.05) is 239 Å². The van der Waals surface area contributed by atoms with E-state index >= 15 is 0 Å². The summed E-state index contributed by atoms with van der Waals surface area (Å²) in [4.78, 5) is 48.3. The maximum Gasteiger partial charge on any atom is 0.472 e. The lowest BCUT2D eigenvalue weighted by molar-refractivity contribution is -0.161. The SMILES string of the molecule is CCCCCCCCCCCCCCCCCC(=O)OC(COC(=O)CCCCCCCCCCCCC)COP(=O)(O)OCC(CO)OC(=O)CCCCCCCCCCCCC. The fourth-order valence-electron chi connectivity index (χ4n) is 7.89. The van der Waals surface area contributed by atoms with E-state index < -0.39 is 57.8 Å². The molecule has 0 saturated carbocycles. The predicted octanol–water partition coefficient (Wildman–Crippen LogP) is 15.1. The number of carbonyl (C=O) groups excluding carboxylic acids is 3. The minimum Gasteiger partial charge on any atom is -0.462 e. The number of hydrogen-bond donors (Lipinski definition) is 2. The van der Waals surface area contributed by atoms with Gasteiger partial charge >= 0.3 is 25.7 Å². The largest absolute Gasteiger partial charge is 0.472 e. The molecule has 380 valence electrons. The zero-order valence-corrected chi connectivity index (χ0v) is 42.7. The van der Waals surface area contributed by atoms with Crippen LogP contribution in [0.25, 0.3) is 0 Å². The Bertz CT molecular complexity index is 1090. The molecule has 0 bridgehead atoms. The highest BCUT2D eigenvalue weighted by molar-refractivity contribution is 7.47. The summed E-state index contributed by atoms with van der Waals surface area (Å²) in [7, 11) is -4.72. The van der Waals surface area contributed by atoms with E-state index in [1.165, 1.54) is 161 Å². The lowest BCUT2D eigenvalue weighted by Crippen LogP contribution is -2.30. The molecule has 0 amide bonds. The van der Waals surface area contributed by atoms with E-state index in [2.05, 4.69) is 20.8 Å². The first kappa shape index (κ1) is 62.5. The summed E-state index contributed by atoms with van der Waals surface area (Å²) in [6, 6.07) is 0. The molecule has 0 fully saturated rings. The van der Waals surface area contributed by atoms with Crippen molar-refractivity contribution in [3.63, 3.8) is 0 Å². The molecule has 3 unspecified atom stereocenters. The van der Waals surface area contributed by atoms with E-state index in [9.17, 15) is 28.9 Å². The molecular formula is C52H101O11P. The van der Waals surface area contributed by atoms with Crippen LogP contribution in [-0.2, 0) is 42.2 Å². The summed E-state index contributed by atoms with van der Waals surface area (Å²) < 4.78 is 39.4. The monoisotopic (exact) mass is 933 g/mol. The van der Waals surface area contributed by atoms with E-state index in [-0.39, 0.29) is 25.9 Å². The zero-order valence-electron chi connectivity index (χ0n) is 41.8. The molecule has 2 N–H and O–H groups in total. The van der Waals surface area contributed by atoms with Gasteiger partial charge in [0.05, 0.1) is 19.8 Å². The molecule has 0 saturated heterocycles. The van der Waals surface area contributed by atoms with Crippen LogP contribution in [-0.4, -0.2) is 66.5 Å². The fraction of sp³-hybridized carbons (Fsp3) is 0.942. The Balaban J connectivity index is 4.67. The quantitative estimate of drug-likeness (QED) is 0.0259. The van der Waals surface area contributed by atoms with Gasteiger partial charge in [-0.2, -0.15) is 0 Å². The summed E-state index contributed by atoms with van der Waals surface area (Å²) >= 11 is 0. The summed E-state index contributed by atoms with van der Waals surface area (Å²) in [5.74, 6) is -1.43. The van der Waals surface area contributed by atoms with Crippen molar-refractivity contribution in [1.29, 1.82) is 0 Å². The molecule has 0 aromatic rings. The van der Waals surface area contributed by atoms with Crippen LogP contribution in [0.5, 0.6) is 0 Å². The minimum atomic E-state index is -4.72. The molecule has 0 aliphatic heterocycles.